The Morgan fingerprint density at radius 2 is 1.94 bits per heavy atom. The normalized spacial score (nSPS) is 12.2. The molecule has 0 fully saturated rings. The SMILES string of the molecule is CCCCC(Nc1cc(Cl)cc(Cl)c1)C(=O)O. The van der Waals surface area contributed by atoms with Crippen LogP contribution in [0.2, 0.25) is 10.0 Å². The molecule has 0 amide bonds. The van der Waals surface area contributed by atoms with Gasteiger partial charge in [-0.05, 0) is 24.6 Å². The molecule has 1 unspecified atom stereocenters. The Morgan fingerprint density at radius 3 is 2.41 bits per heavy atom. The molecule has 0 aromatic heterocycles. The summed E-state index contributed by atoms with van der Waals surface area (Å²) in [5.41, 5.74) is 0.631. The van der Waals surface area contributed by atoms with Gasteiger partial charge in [-0.3, -0.25) is 0 Å². The van der Waals surface area contributed by atoms with Gasteiger partial charge >= 0.3 is 5.97 Å². The Balaban J connectivity index is 2.74. The molecule has 0 saturated carbocycles. The summed E-state index contributed by atoms with van der Waals surface area (Å²) in [4.78, 5) is 11.1. The van der Waals surface area contributed by atoms with Gasteiger partial charge in [-0.15, -0.1) is 0 Å². The smallest absolute Gasteiger partial charge is 0.326 e. The summed E-state index contributed by atoms with van der Waals surface area (Å²) in [6, 6.07) is 4.32. The highest BCUT2D eigenvalue weighted by atomic mass is 35.5. The fourth-order valence-electron chi connectivity index (χ4n) is 1.50. The molecule has 0 bridgehead atoms. The second kappa shape index (κ2) is 6.72. The third-order valence-corrected chi connectivity index (χ3v) is 2.78. The first-order chi connectivity index (χ1) is 8.02. The summed E-state index contributed by atoms with van der Waals surface area (Å²) in [7, 11) is 0. The molecule has 94 valence electrons. The lowest BCUT2D eigenvalue weighted by atomic mass is 10.1. The third-order valence-electron chi connectivity index (χ3n) is 2.35. The second-order valence-corrected chi connectivity index (χ2v) is 4.71. The number of aliphatic carboxylic acids is 1. The van der Waals surface area contributed by atoms with Crippen molar-refractivity contribution in [2.24, 2.45) is 0 Å². The van der Waals surface area contributed by atoms with Crippen LogP contribution in [0.3, 0.4) is 0 Å². The van der Waals surface area contributed by atoms with Gasteiger partial charge in [0.05, 0.1) is 0 Å². The van der Waals surface area contributed by atoms with E-state index in [2.05, 4.69) is 5.32 Å². The quantitative estimate of drug-likeness (QED) is 0.824. The summed E-state index contributed by atoms with van der Waals surface area (Å²) in [6.45, 7) is 2.02. The highest BCUT2D eigenvalue weighted by molar-refractivity contribution is 6.35. The highest BCUT2D eigenvalue weighted by Gasteiger charge is 2.16. The lowest BCUT2D eigenvalue weighted by Gasteiger charge is -2.15. The zero-order valence-electron chi connectivity index (χ0n) is 9.54. The summed E-state index contributed by atoms with van der Waals surface area (Å²) in [5.74, 6) is -0.866. The number of anilines is 1. The molecule has 1 rings (SSSR count). The van der Waals surface area contributed by atoms with Crippen LogP contribution >= 0.6 is 23.2 Å². The van der Waals surface area contributed by atoms with E-state index in [1.807, 2.05) is 6.92 Å². The van der Waals surface area contributed by atoms with Gasteiger partial charge in [-0.25, -0.2) is 4.79 Å². The van der Waals surface area contributed by atoms with E-state index in [9.17, 15) is 4.79 Å². The maximum absolute atomic E-state index is 11.1. The molecule has 0 spiro atoms. The van der Waals surface area contributed by atoms with Gasteiger partial charge in [0, 0.05) is 15.7 Å². The molecule has 0 radical (unpaired) electrons. The van der Waals surface area contributed by atoms with E-state index in [0.717, 1.165) is 12.8 Å². The molecular formula is C12H15Cl2NO2. The first kappa shape index (κ1) is 14.1. The first-order valence-electron chi connectivity index (χ1n) is 5.48. The lowest BCUT2D eigenvalue weighted by molar-refractivity contribution is -0.138. The van der Waals surface area contributed by atoms with Gasteiger partial charge in [-0.1, -0.05) is 43.0 Å². The van der Waals surface area contributed by atoms with Gasteiger partial charge in [0.2, 0.25) is 0 Å². The second-order valence-electron chi connectivity index (χ2n) is 3.84. The largest absolute Gasteiger partial charge is 0.480 e. The highest BCUT2D eigenvalue weighted by Crippen LogP contribution is 2.23. The number of unbranched alkanes of at least 4 members (excludes halogenated alkanes) is 1. The van der Waals surface area contributed by atoms with E-state index >= 15 is 0 Å². The van der Waals surface area contributed by atoms with Gasteiger partial charge in [0.1, 0.15) is 6.04 Å². The van der Waals surface area contributed by atoms with Crippen LogP contribution < -0.4 is 5.32 Å². The van der Waals surface area contributed by atoms with Crippen molar-refractivity contribution in [1.29, 1.82) is 0 Å². The molecule has 1 aromatic rings. The summed E-state index contributed by atoms with van der Waals surface area (Å²) in [6.07, 6.45) is 2.40. The topological polar surface area (TPSA) is 49.3 Å². The molecule has 5 heteroatoms. The standard InChI is InChI=1S/C12H15Cl2NO2/c1-2-3-4-11(12(16)17)15-10-6-8(13)5-9(14)7-10/h5-7,11,15H,2-4H2,1H3,(H,16,17). The van der Waals surface area contributed by atoms with E-state index in [1.54, 1.807) is 18.2 Å². The Morgan fingerprint density at radius 1 is 1.35 bits per heavy atom. The molecular weight excluding hydrogens is 261 g/mol. The van der Waals surface area contributed by atoms with E-state index in [-0.39, 0.29) is 0 Å². The van der Waals surface area contributed by atoms with Crippen LogP contribution in [-0.2, 0) is 4.79 Å². The molecule has 17 heavy (non-hydrogen) atoms. The fourth-order valence-corrected chi connectivity index (χ4v) is 2.03. The van der Waals surface area contributed by atoms with Crippen molar-refractivity contribution in [3.8, 4) is 0 Å². The van der Waals surface area contributed by atoms with Crippen molar-refractivity contribution in [2.45, 2.75) is 32.2 Å². The molecule has 1 atom stereocenters. The minimum absolute atomic E-state index is 0.486. The summed E-state index contributed by atoms with van der Waals surface area (Å²) >= 11 is 11.7. The van der Waals surface area contributed by atoms with E-state index in [1.165, 1.54) is 0 Å². The van der Waals surface area contributed by atoms with Crippen molar-refractivity contribution in [3.05, 3.63) is 28.2 Å². The molecule has 0 aliphatic rings. The number of rotatable bonds is 6. The third kappa shape index (κ3) is 4.84. The van der Waals surface area contributed by atoms with Crippen LogP contribution in [0, 0.1) is 0 Å². The molecule has 0 saturated heterocycles. The van der Waals surface area contributed by atoms with Crippen LogP contribution in [0.1, 0.15) is 26.2 Å². The Bertz CT molecular complexity index is 376. The van der Waals surface area contributed by atoms with Crippen molar-refractivity contribution < 1.29 is 9.90 Å². The first-order valence-corrected chi connectivity index (χ1v) is 6.24. The number of halogens is 2. The fraction of sp³-hybridized carbons (Fsp3) is 0.417. The van der Waals surface area contributed by atoms with Crippen LogP contribution in [0.25, 0.3) is 0 Å². The maximum atomic E-state index is 11.1. The average Bonchev–Trinajstić information content (AvgIpc) is 2.22. The van der Waals surface area contributed by atoms with Gasteiger partial charge in [0.25, 0.3) is 0 Å². The number of carbonyl (C=O) groups is 1. The maximum Gasteiger partial charge on any atom is 0.326 e. The number of benzene rings is 1. The Kier molecular flexibility index (Phi) is 5.59. The number of carboxylic acid groups (broad SMARTS) is 1. The van der Waals surface area contributed by atoms with Gasteiger partial charge < -0.3 is 10.4 Å². The Labute approximate surface area is 111 Å². The zero-order chi connectivity index (χ0) is 12.8. The lowest BCUT2D eigenvalue weighted by Crippen LogP contribution is -2.29. The Hall–Kier alpha value is -0.930. The van der Waals surface area contributed by atoms with Crippen molar-refractivity contribution in [1.82, 2.24) is 0 Å². The molecule has 3 nitrogen and oxygen atoms in total. The number of hydrogen-bond donors (Lipinski definition) is 2. The number of hydrogen-bond acceptors (Lipinski definition) is 2. The van der Waals surface area contributed by atoms with Crippen LogP contribution in [0.4, 0.5) is 5.69 Å². The van der Waals surface area contributed by atoms with E-state index in [0.29, 0.717) is 22.2 Å². The van der Waals surface area contributed by atoms with Crippen molar-refractivity contribution in [2.75, 3.05) is 5.32 Å². The monoisotopic (exact) mass is 275 g/mol. The number of carboxylic acids is 1. The van der Waals surface area contributed by atoms with Crippen LogP contribution in [-0.4, -0.2) is 17.1 Å². The molecule has 0 aliphatic carbocycles. The van der Waals surface area contributed by atoms with Gasteiger partial charge in [0.15, 0.2) is 0 Å². The molecule has 0 aliphatic heterocycles. The zero-order valence-corrected chi connectivity index (χ0v) is 11.1. The van der Waals surface area contributed by atoms with Crippen LogP contribution in [0.15, 0.2) is 18.2 Å². The predicted octanol–water partition coefficient (Wildman–Crippen LogP) is 4.05. The molecule has 2 N–H and O–H groups in total. The van der Waals surface area contributed by atoms with Crippen LogP contribution in [0.5, 0.6) is 0 Å². The summed E-state index contributed by atoms with van der Waals surface area (Å²) in [5, 5.41) is 13.0. The van der Waals surface area contributed by atoms with E-state index in [4.69, 9.17) is 28.3 Å². The van der Waals surface area contributed by atoms with Gasteiger partial charge in [-0.2, -0.15) is 0 Å². The van der Waals surface area contributed by atoms with Crippen molar-refractivity contribution in [3.63, 3.8) is 0 Å². The van der Waals surface area contributed by atoms with Crippen molar-refractivity contribution >= 4 is 34.9 Å². The molecule has 1 aromatic carbocycles. The molecule has 0 heterocycles. The van der Waals surface area contributed by atoms with E-state index < -0.39 is 12.0 Å². The predicted molar refractivity (Wildman–Crippen MR) is 71.0 cm³/mol. The minimum Gasteiger partial charge on any atom is -0.480 e. The number of nitrogens with one attached hydrogen (secondary N) is 1. The average molecular weight is 276 g/mol. The summed E-state index contributed by atoms with van der Waals surface area (Å²) < 4.78 is 0. The minimum atomic E-state index is -0.866.